The largest absolute Gasteiger partial charge is 0.478 e. The second-order valence-corrected chi connectivity index (χ2v) is 9.93. The number of anilines is 3. The summed E-state index contributed by atoms with van der Waals surface area (Å²) in [7, 11) is 0. The zero-order valence-corrected chi connectivity index (χ0v) is 23.5. The summed E-state index contributed by atoms with van der Waals surface area (Å²) in [6.45, 7) is 1.01. The third-order valence-electron chi connectivity index (χ3n) is 6.59. The molecule has 224 valence electrons. The maximum Gasteiger partial charge on any atom is 0.337 e. The molecule has 1 unspecified atom stereocenters. The molecule has 1 aromatic heterocycles. The number of rotatable bonds is 9. The predicted molar refractivity (Wildman–Crippen MR) is 158 cm³/mol. The number of para-hydroxylation sites is 1. The highest BCUT2D eigenvalue weighted by Gasteiger charge is 2.27. The van der Waals surface area contributed by atoms with E-state index in [9.17, 15) is 29.1 Å². The van der Waals surface area contributed by atoms with Crippen LogP contribution in [0.3, 0.4) is 0 Å². The van der Waals surface area contributed by atoms with Crippen LogP contribution in [0.1, 0.15) is 15.9 Å². The molecular weight excluding hydrogens is 594 g/mol. The van der Waals surface area contributed by atoms with Crippen LogP contribution in [-0.2, 0) is 20.8 Å². The van der Waals surface area contributed by atoms with Crippen molar-refractivity contribution in [3.05, 3.63) is 89.2 Å². The van der Waals surface area contributed by atoms with Crippen molar-refractivity contribution in [2.45, 2.75) is 12.5 Å². The van der Waals surface area contributed by atoms with Gasteiger partial charge < -0.3 is 26.4 Å². The van der Waals surface area contributed by atoms with E-state index in [4.69, 9.17) is 11.6 Å². The molecule has 5 rings (SSSR count). The van der Waals surface area contributed by atoms with Gasteiger partial charge in [-0.3, -0.25) is 19.3 Å². The van der Waals surface area contributed by atoms with Crippen molar-refractivity contribution in [3.8, 4) is 5.69 Å². The molecule has 4 aromatic rings. The van der Waals surface area contributed by atoms with Crippen LogP contribution in [0.15, 0.2) is 73.1 Å². The Labute approximate surface area is 254 Å². The molecule has 0 saturated carbocycles. The Kier molecular flexibility index (Phi) is 8.76. The fourth-order valence-corrected chi connectivity index (χ4v) is 4.63. The normalized spacial score (nSPS) is 13.1. The summed E-state index contributed by atoms with van der Waals surface area (Å²) in [5.41, 5.74) is 1.54. The number of hydrogen-bond donors (Lipinski definition) is 5. The van der Waals surface area contributed by atoms with Gasteiger partial charge in [0.25, 0.3) is 0 Å². The highest BCUT2D eigenvalue weighted by atomic mass is 35.5. The lowest BCUT2D eigenvalue weighted by Gasteiger charge is -2.20. The SMILES string of the molecule is O=C(Nc1cc(Cl)ccc1-n1cnnn1)C(=O)NC(Cc1ccc(N2CCNC2=O)cc1)C(=O)Nc1ccccc1C(=O)O. The maximum atomic E-state index is 13.4. The van der Waals surface area contributed by atoms with Gasteiger partial charge in [0.05, 0.1) is 22.6 Å². The minimum absolute atomic E-state index is 0.00843. The van der Waals surface area contributed by atoms with E-state index in [1.165, 1.54) is 41.3 Å². The monoisotopic (exact) mass is 617 g/mol. The quantitative estimate of drug-likeness (QED) is 0.174. The minimum atomic E-state index is -1.31. The number of halogens is 1. The first-order valence-corrected chi connectivity index (χ1v) is 13.5. The van der Waals surface area contributed by atoms with Crippen LogP contribution >= 0.6 is 11.6 Å². The van der Waals surface area contributed by atoms with Gasteiger partial charge in [-0.05, 0) is 58.5 Å². The molecule has 0 spiro atoms. The van der Waals surface area contributed by atoms with Gasteiger partial charge >= 0.3 is 23.8 Å². The molecule has 1 aliphatic rings. The molecule has 5 N–H and O–H groups in total. The molecule has 1 aliphatic heterocycles. The maximum absolute atomic E-state index is 13.4. The number of benzene rings is 3. The summed E-state index contributed by atoms with van der Waals surface area (Å²) in [5, 5.41) is 30.8. The van der Waals surface area contributed by atoms with E-state index in [-0.39, 0.29) is 34.4 Å². The number of carboxylic acid groups (broad SMARTS) is 1. The summed E-state index contributed by atoms with van der Waals surface area (Å²) < 4.78 is 1.26. The smallest absolute Gasteiger partial charge is 0.337 e. The summed E-state index contributed by atoms with van der Waals surface area (Å²) in [6, 6.07) is 15.5. The van der Waals surface area contributed by atoms with Crippen molar-refractivity contribution < 1.29 is 29.1 Å². The Hall–Kier alpha value is -5.83. The van der Waals surface area contributed by atoms with E-state index in [1.54, 1.807) is 41.3 Å². The molecule has 1 fully saturated rings. The van der Waals surface area contributed by atoms with Crippen molar-refractivity contribution in [2.75, 3.05) is 28.6 Å². The molecule has 2 heterocycles. The van der Waals surface area contributed by atoms with Gasteiger partial charge in [0.2, 0.25) is 5.91 Å². The highest BCUT2D eigenvalue weighted by molar-refractivity contribution is 6.40. The number of carbonyl (C=O) groups is 5. The Balaban J connectivity index is 1.36. The third kappa shape index (κ3) is 6.79. The molecule has 5 amide bonds. The molecule has 0 radical (unpaired) electrons. The van der Waals surface area contributed by atoms with E-state index in [0.717, 1.165) is 0 Å². The zero-order valence-electron chi connectivity index (χ0n) is 22.7. The first kappa shape index (κ1) is 29.7. The lowest BCUT2D eigenvalue weighted by molar-refractivity contribution is -0.137. The molecule has 1 atom stereocenters. The van der Waals surface area contributed by atoms with Crippen LogP contribution in [0.4, 0.5) is 21.9 Å². The molecule has 3 aromatic carbocycles. The number of hydrogen-bond acceptors (Lipinski definition) is 8. The Morgan fingerprint density at radius 3 is 2.43 bits per heavy atom. The number of amides is 5. The fraction of sp³-hybridized carbons (Fsp3) is 0.143. The van der Waals surface area contributed by atoms with Crippen molar-refractivity contribution in [1.82, 2.24) is 30.8 Å². The molecule has 44 heavy (non-hydrogen) atoms. The fourth-order valence-electron chi connectivity index (χ4n) is 4.46. The third-order valence-corrected chi connectivity index (χ3v) is 6.83. The Bertz CT molecular complexity index is 1730. The van der Waals surface area contributed by atoms with Crippen molar-refractivity contribution >= 4 is 58.4 Å². The van der Waals surface area contributed by atoms with Crippen LogP contribution in [0.2, 0.25) is 5.02 Å². The van der Waals surface area contributed by atoms with Crippen molar-refractivity contribution in [3.63, 3.8) is 0 Å². The average molecular weight is 618 g/mol. The Morgan fingerprint density at radius 2 is 1.75 bits per heavy atom. The van der Waals surface area contributed by atoms with E-state index >= 15 is 0 Å². The number of aromatic nitrogens is 4. The molecular formula is C28H24ClN9O6. The van der Waals surface area contributed by atoms with E-state index < -0.39 is 29.7 Å². The predicted octanol–water partition coefficient (Wildman–Crippen LogP) is 1.85. The molecule has 1 saturated heterocycles. The average Bonchev–Trinajstić information content (AvgIpc) is 3.70. The van der Waals surface area contributed by atoms with Gasteiger partial charge in [0.15, 0.2) is 0 Å². The summed E-state index contributed by atoms with van der Waals surface area (Å²) in [6.07, 6.45) is 1.22. The molecule has 0 bridgehead atoms. The van der Waals surface area contributed by atoms with Crippen molar-refractivity contribution in [2.24, 2.45) is 0 Å². The Morgan fingerprint density at radius 1 is 0.977 bits per heavy atom. The zero-order chi connectivity index (χ0) is 31.2. The first-order chi connectivity index (χ1) is 21.2. The van der Waals surface area contributed by atoms with Crippen molar-refractivity contribution in [1.29, 1.82) is 0 Å². The van der Waals surface area contributed by atoms with Gasteiger partial charge in [0.1, 0.15) is 12.4 Å². The molecule has 15 nitrogen and oxygen atoms in total. The summed E-state index contributed by atoms with van der Waals surface area (Å²) in [5.74, 6) is -4.28. The number of nitrogens with zero attached hydrogens (tertiary/aromatic N) is 5. The highest BCUT2D eigenvalue weighted by Crippen LogP contribution is 2.24. The molecule has 0 aliphatic carbocycles. The van der Waals surface area contributed by atoms with E-state index in [0.29, 0.717) is 30.0 Å². The lowest BCUT2D eigenvalue weighted by atomic mass is 10.0. The first-order valence-electron chi connectivity index (χ1n) is 13.1. The van der Waals surface area contributed by atoms with E-state index in [2.05, 4.69) is 36.8 Å². The molecule has 16 heteroatoms. The van der Waals surface area contributed by atoms with Gasteiger partial charge in [-0.2, -0.15) is 4.68 Å². The van der Waals surface area contributed by atoms with Crippen LogP contribution in [0, 0.1) is 0 Å². The van der Waals surface area contributed by atoms with Gasteiger partial charge in [-0.1, -0.05) is 35.9 Å². The topological polar surface area (TPSA) is 201 Å². The lowest BCUT2D eigenvalue weighted by Crippen LogP contribution is -2.49. The number of aromatic carboxylic acids is 1. The van der Waals surface area contributed by atoms with Crippen LogP contribution in [0.25, 0.3) is 5.69 Å². The van der Waals surface area contributed by atoms with Gasteiger partial charge in [0, 0.05) is 30.2 Å². The van der Waals surface area contributed by atoms with Gasteiger partial charge in [-0.25, -0.2) is 9.59 Å². The van der Waals surface area contributed by atoms with Crippen LogP contribution in [-0.4, -0.2) is 74.2 Å². The number of nitrogens with one attached hydrogen (secondary N) is 4. The summed E-state index contributed by atoms with van der Waals surface area (Å²) in [4.78, 5) is 64.8. The standard InChI is InChI=1S/C28H24ClN9O6/c29-17-7-10-23(38-15-31-35-36-38)21(14-17)33-25(40)26(41)34-22(24(39)32-20-4-2-1-3-19(20)27(42)43)13-16-5-8-18(9-6-16)37-12-11-30-28(37)44/h1-10,14-15,22H,11-13H2,(H,30,44)(H,32,39)(H,33,40)(H,34,41)(H,42,43). The minimum Gasteiger partial charge on any atom is -0.478 e. The number of carbonyl (C=O) groups excluding carboxylic acids is 4. The summed E-state index contributed by atoms with van der Waals surface area (Å²) >= 11 is 6.10. The van der Waals surface area contributed by atoms with Crippen LogP contribution < -0.4 is 26.2 Å². The van der Waals surface area contributed by atoms with Crippen LogP contribution in [0.5, 0.6) is 0 Å². The second kappa shape index (κ2) is 13.0. The van der Waals surface area contributed by atoms with Gasteiger partial charge in [-0.15, -0.1) is 5.10 Å². The second-order valence-electron chi connectivity index (χ2n) is 9.49. The number of tetrazole rings is 1. The number of carboxylic acids is 1. The number of urea groups is 1. The van der Waals surface area contributed by atoms with E-state index in [1.807, 2.05) is 0 Å².